The molecule has 3 aromatic carbocycles. The molecule has 0 atom stereocenters. The Morgan fingerprint density at radius 1 is 0.898 bits per heavy atom. The number of benzene rings is 3. The molecular weight excluding hydrogens is 655 g/mol. The summed E-state index contributed by atoms with van der Waals surface area (Å²) in [5, 5.41) is 6.07. The van der Waals surface area contributed by atoms with E-state index in [1.54, 1.807) is 48.5 Å². The minimum Gasteiger partial charge on any atom is -0.493 e. The fourth-order valence-electron chi connectivity index (χ4n) is 5.18. The second kappa shape index (κ2) is 15.4. The number of hydrogen-bond acceptors (Lipinski definition) is 8. The molecule has 1 fully saturated rings. The second-order valence-electron chi connectivity index (χ2n) is 12.6. The van der Waals surface area contributed by atoms with Crippen LogP contribution in [-0.4, -0.2) is 60.2 Å². The number of nitrogens with zero attached hydrogens (tertiary/aromatic N) is 2. The van der Waals surface area contributed by atoms with Crippen LogP contribution in [0.4, 0.5) is 20.6 Å². The topological polar surface area (TPSA) is 128 Å². The predicted octanol–water partition coefficient (Wildman–Crippen LogP) is 7.82. The van der Waals surface area contributed by atoms with Crippen molar-refractivity contribution >= 4 is 51.8 Å². The zero-order valence-corrected chi connectivity index (χ0v) is 28.4. The van der Waals surface area contributed by atoms with Gasteiger partial charge >= 0.3 is 6.09 Å². The molecule has 4 aromatic rings. The van der Waals surface area contributed by atoms with Gasteiger partial charge in [-0.05, 0) is 94.1 Å². The molecule has 3 amide bonds. The van der Waals surface area contributed by atoms with E-state index >= 15 is 0 Å². The van der Waals surface area contributed by atoms with Crippen LogP contribution >= 0.6 is 11.6 Å². The molecule has 0 radical (unpaired) electrons. The number of rotatable bonds is 10. The third-order valence-electron chi connectivity index (χ3n) is 7.61. The largest absolute Gasteiger partial charge is 0.493 e. The normalized spacial score (nSPS) is 13.5. The Hall–Kier alpha value is -5.10. The fourth-order valence-corrected chi connectivity index (χ4v) is 5.39. The number of halogens is 2. The van der Waals surface area contributed by atoms with E-state index in [1.165, 1.54) is 30.3 Å². The SMILES string of the molecule is COc1cc2c(Oc3ccc(NC(=O)CC(=O)Nc4ccc(F)cc4)cc3Cl)ccnc2cc1OCC1CCN(C(=O)OC(C)(C)C)CC1. The lowest BCUT2D eigenvalue weighted by Crippen LogP contribution is -2.42. The van der Waals surface area contributed by atoms with Crippen LogP contribution in [0.2, 0.25) is 5.02 Å². The van der Waals surface area contributed by atoms with Gasteiger partial charge in [-0.25, -0.2) is 9.18 Å². The molecule has 5 rings (SSSR count). The summed E-state index contributed by atoms with van der Waals surface area (Å²) in [6.45, 7) is 7.23. The van der Waals surface area contributed by atoms with Gasteiger partial charge in [0.2, 0.25) is 11.8 Å². The number of carbonyl (C=O) groups excluding carboxylic acids is 3. The summed E-state index contributed by atoms with van der Waals surface area (Å²) in [4.78, 5) is 43.3. The van der Waals surface area contributed by atoms with Gasteiger partial charge in [0.05, 0.1) is 24.3 Å². The number of carbonyl (C=O) groups is 3. The fraction of sp³-hybridized carbons (Fsp3) is 0.333. The van der Waals surface area contributed by atoms with Crippen LogP contribution < -0.4 is 24.8 Å². The maximum absolute atomic E-state index is 13.1. The number of piperidine rings is 1. The van der Waals surface area contributed by atoms with Gasteiger partial charge < -0.3 is 34.5 Å². The number of ether oxygens (including phenoxy) is 4. The number of hydrogen-bond donors (Lipinski definition) is 2. The summed E-state index contributed by atoms with van der Waals surface area (Å²) in [5.74, 6) is 0.570. The summed E-state index contributed by atoms with van der Waals surface area (Å²) in [5.41, 5.74) is 0.834. The van der Waals surface area contributed by atoms with Crippen molar-refractivity contribution in [2.75, 3.05) is 37.4 Å². The molecule has 49 heavy (non-hydrogen) atoms. The summed E-state index contributed by atoms with van der Waals surface area (Å²) in [7, 11) is 1.56. The molecule has 0 aliphatic carbocycles. The van der Waals surface area contributed by atoms with Gasteiger partial charge in [0.25, 0.3) is 0 Å². The van der Waals surface area contributed by atoms with Crippen molar-refractivity contribution in [2.24, 2.45) is 5.92 Å². The number of anilines is 2. The van der Waals surface area contributed by atoms with Crippen molar-refractivity contribution < 1.29 is 37.7 Å². The highest BCUT2D eigenvalue weighted by Gasteiger charge is 2.27. The van der Waals surface area contributed by atoms with Crippen LogP contribution in [0.5, 0.6) is 23.0 Å². The molecule has 0 saturated carbocycles. The summed E-state index contributed by atoms with van der Waals surface area (Å²) >= 11 is 6.52. The van der Waals surface area contributed by atoms with Crippen molar-refractivity contribution in [1.29, 1.82) is 0 Å². The van der Waals surface area contributed by atoms with E-state index in [2.05, 4.69) is 15.6 Å². The summed E-state index contributed by atoms with van der Waals surface area (Å²) in [6, 6.07) is 15.2. The standard InChI is InChI=1S/C36H38ClFN4O7/c1-36(2,3)49-35(45)42-15-12-22(13-16-42)21-47-32-19-28-26(18-31(32)46-4)29(11-14-39-28)48-30-10-9-25(17-27(30)37)41-34(44)20-33(43)40-24-7-5-23(38)6-8-24/h5-11,14,17-19,22H,12-13,15-16,20-21H2,1-4H3,(H,40,43)(H,41,44). The Morgan fingerprint density at radius 2 is 1.57 bits per heavy atom. The lowest BCUT2D eigenvalue weighted by Gasteiger charge is -2.33. The van der Waals surface area contributed by atoms with E-state index in [0.717, 1.165) is 12.8 Å². The average molecular weight is 693 g/mol. The Balaban J connectivity index is 1.19. The minimum atomic E-state index is -0.555. The van der Waals surface area contributed by atoms with E-state index < -0.39 is 29.7 Å². The van der Waals surface area contributed by atoms with Gasteiger partial charge in [0, 0.05) is 42.1 Å². The van der Waals surface area contributed by atoms with Crippen molar-refractivity contribution in [2.45, 2.75) is 45.6 Å². The Labute approximate surface area is 288 Å². The van der Waals surface area contributed by atoms with Crippen molar-refractivity contribution in [1.82, 2.24) is 9.88 Å². The maximum Gasteiger partial charge on any atom is 0.410 e. The number of fused-ring (bicyclic) bond motifs is 1. The first-order chi connectivity index (χ1) is 23.4. The van der Waals surface area contributed by atoms with Crippen molar-refractivity contribution in [3.63, 3.8) is 0 Å². The number of aromatic nitrogens is 1. The molecule has 0 spiro atoms. The third-order valence-corrected chi connectivity index (χ3v) is 7.91. The van der Waals surface area contributed by atoms with Gasteiger partial charge in [0.15, 0.2) is 11.5 Å². The molecular formula is C36H38ClFN4O7. The lowest BCUT2D eigenvalue weighted by atomic mass is 9.98. The summed E-state index contributed by atoms with van der Waals surface area (Å²) in [6.07, 6.45) is 2.46. The second-order valence-corrected chi connectivity index (χ2v) is 13.0. The monoisotopic (exact) mass is 692 g/mol. The van der Waals surface area contributed by atoms with E-state index in [1.807, 2.05) is 20.8 Å². The van der Waals surface area contributed by atoms with Crippen LogP contribution in [0, 0.1) is 11.7 Å². The van der Waals surface area contributed by atoms with E-state index in [9.17, 15) is 18.8 Å². The van der Waals surface area contributed by atoms with Crippen LogP contribution in [0.25, 0.3) is 10.9 Å². The lowest BCUT2D eigenvalue weighted by molar-refractivity contribution is -0.123. The Morgan fingerprint density at radius 3 is 2.22 bits per heavy atom. The molecule has 13 heteroatoms. The van der Waals surface area contributed by atoms with Gasteiger partial charge in [-0.2, -0.15) is 0 Å². The molecule has 1 aliphatic heterocycles. The zero-order chi connectivity index (χ0) is 35.1. The zero-order valence-electron chi connectivity index (χ0n) is 27.7. The van der Waals surface area contributed by atoms with Crippen LogP contribution in [0.15, 0.2) is 66.9 Å². The van der Waals surface area contributed by atoms with E-state index in [-0.39, 0.29) is 17.0 Å². The highest BCUT2D eigenvalue weighted by molar-refractivity contribution is 6.32. The van der Waals surface area contributed by atoms with Gasteiger partial charge in [-0.3, -0.25) is 14.6 Å². The molecule has 11 nitrogen and oxygen atoms in total. The predicted molar refractivity (Wildman–Crippen MR) is 184 cm³/mol. The van der Waals surface area contributed by atoms with Crippen LogP contribution in [0.1, 0.15) is 40.0 Å². The smallest absolute Gasteiger partial charge is 0.410 e. The molecule has 2 N–H and O–H groups in total. The highest BCUT2D eigenvalue weighted by Crippen LogP contribution is 2.39. The first-order valence-electron chi connectivity index (χ1n) is 15.8. The highest BCUT2D eigenvalue weighted by atomic mass is 35.5. The molecule has 2 heterocycles. The first-order valence-corrected chi connectivity index (χ1v) is 16.1. The van der Waals surface area contributed by atoms with Crippen molar-refractivity contribution in [3.8, 4) is 23.0 Å². The number of nitrogens with one attached hydrogen (secondary N) is 2. The number of amides is 3. The Kier molecular flexibility index (Phi) is 11.1. The summed E-state index contributed by atoms with van der Waals surface area (Å²) < 4.78 is 36.6. The molecule has 1 aromatic heterocycles. The van der Waals surface area contributed by atoms with Crippen molar-refractivity contribution in [3.05, 3.63) is 77.7 Å². The molecule has 0 unspecified atom stereocenters. The van der Waals surface area contributed by atoms with Gasteiger partial charge in [-0.15, -0.1) is 0 Å². The van der Waals surface area contributed by atoms with Crippen LogP contribution in [0.3, 0.4) is 0 Å². The molecule has 0 bridgehead atoms. The number of likely N-dealkylation sites (tertiary alicyclic amines) is 1. The molecule has 1 saturated heterocycles. The average Bonchev–Trinajstić information content (AvgIpc) is 3.05. The maximum atomic E-state index is 13.1. The first kappa shape index (κ1) is 35.2. The number of methoxy groups -OCH3 is 1. The van der Waals surface area contributed by atoms with E-state index in [4.69, 9.17) is 30.5 Å². The Bertz CT molecular complexity index is 1820. The van der Waals surface area contributed by atoms with Crippen LogP contribution in [-0.2, 0) is 14.3 Å². The quantitative estimate of drug-likeness (QED) is 0.161. The number of pyridine rings is 1. The van der Waals surface area contributed by atoms with E-state index in [0.29, 0.717) is 65.0 Å². The molecule has 1 aliphatic rings. The minimum absolute atomic E-state index is 0.225. The third kappa shape index (κ3) is 9.73. The molecule has 258 valence electrons. The van der Waals surface area contributed by atoms with Gasteiger partial charge in [-0.1, -0.05) is 11.6 Å². The van der Waals surface area contributed by atoms with Gasteiger partial charge in [0.1, 0.15) is 29.3 Å².